The van der Waals surface area contributed by atoms with E-state index in [-0.39, 0.29) is 36.8 Å². The number of carbonyl (C=O) groups is 3. The molecule has 2 aliphatic rings. The van der Waals surface area contributed by atoms with Gasteiger partial charge in [-0.2, -0.15) is 0 Å². The highest BCUT2D eigenvalue weighted by atomic mass is 16.5. The van der Waals surface area contributed by atoms with Gasteiger partial charge in [0.25, 0.3) is 0 Å². The number of hydrogen-bond donors (Lipinski definition) is 3. The second kappa shape index (κ2) is 10.7. The molecule has 2 aromatic rings. The Balaban J connectivity index is 1.21. The fourth-order valence-corrected chi connectivity index (χ4v) is 5.10. The van der Waals surface area contributed by atoms with Crippen LogP contribution in [0.3, 0.4) is 0 Å². The van der Waals surface area contributed by atoms with Crippen LogP contribution in [-0.2, 0) is 14.3 Å². The van der Waals surface area contributed by atoms with Crippen molar-refractivity contribution < 1.29 is 24.2 Å². The van der Waals surface area contributed by atoms with E-state index in [1.807, 2.05) is 24.3 Å². The molecular formula is C27H32N2O5. The van der Waals surface area contributed by atoms with E-state index in [0.717, 1.165) is 24.0 Å². The number of carboxylic acids is 1. The number of carboxylic acid groups (broad SMARTS) is 1. The lowest BCUT2D eigenvalue weighted by Crippen LogP contribution is -2.40. The van der Waals surface area contributed by atoms with Crippen LogP contribution in [0.2, 0.25) is 0 Å². The Morgan fingerprint density at radius 3 is 2.29 bits per heavy atom. The summed E-state index contributed by atoms with van der Waals surface area (Å²) in [4.78, 5) is 36.0. The van der Waals surface area contributed by atoms with E-state index in [2.05, 4.69) is 34.9 Å². The number of carbonyl (C=O) groups excluding carboxylic acids is 2. The van der Waals surface area contributed by atoms with E-state index in [4.69, 9.17) is 4.74 Å². The first-order chi connectivity index (χ1) is 16.4. The summed E-state index contributed by atoms with van der Waals surface area (Å²) in [6.07, 6.45) is 2.56. The van der Waals surface area contributed by atoms with E-state index < -0.39 is 18.0 Å². The number of alkyl carbamates (subject to hydrolysis) is 1. The van der Waals surface area contributed by atoms with Crippen LogP contribution in [0.25, 0.3) is 11.1 Å². The molecule has 2 aromatic carbocycles. The fraction of sp³-hybridized carbons (Fsp3) is 0.444. The van der Waals surface area contributed by atoms with E-state index in [1.165, 1.54) is 11.1 Å². The molecule has 3 atom stereocenters. The molecule has 2 aliphatic carbocycles. The smallest absolute Gasteiger partial charge is 0.407 e. The average molecular weight is 465 g/mol. The average Bonchev–Trinajstić information content (AvgIpc) is 3.18. The molecule has 0 bridgehead atoms. The first-order valence-corrected chi connectivity index (χ1v) is 12.0. The predicted molar refractivity (Wildman–Crippen MR) is 128 cm³/mol. The quantitative estimate of drug-likeness (QED) is 0.544. The van der Waals surface area contributed by atoms with E-state index in [0.29, 0.717) is 19.4 Å². The van der Waals surface area contributed by atoms with Gasteiger partial charge < -0.3 is 20.5 Å². The lowest BCUT2D eigenvalue weighted by atomic mass is 9.81. The Morgan fingerprint density at radius 2 is 1.65 bits per heavy atom. The minimum atomic E-state index is -0.753. The molecule has 2 amide bonds. The highest BCUT2D eigenvalue weighted by molar-refractivity contribution is 5.80. The van der Waals surface area contributed by atoms with Crippen LogP contribution < -0.4 is 10.6 Å². The number of hydrogen-bond acceptors (Lipinski definition) is 4. The number of ether oxygens (including phenoxy) is 1. The molecule has 0 aromatic heterocycles. The van der Waals surface area contributed by atoms with Gasteiger partial charge in [0.2, 0.25) is 5.91 Å². The Bertz CT molecular complexity index is 1010. The van der Waals surface area contributed by atoms with Gasteiger partial charge in [-0.05, 0) is 47.4 Å². The number of aliphatic carboxylic acids is 1. The number of fused-ring (bicyclic) bond motifs is 3. The van der Waals surface area contributed by atoms with Gasteiger partial charge >= 0.3 is 12.1 Å². The maximum atomic E-state index is 12.4. The van der Waals surface area contributed by atoms with Crippen LogP contribution in [0.1, 0.15) is 49.7 Å². The fourth-order valence-electron chi connectivity index (χ4n) is 5.10. The van der Waals surface area contributed by atoms with Crippen LogP contribution in [0.5, 0.6) is 0 Å². The minimum absolute atomic E-state index is 0.0102. The van der Waals surface area contributed by atoms with E-state index in [1.54, 1.807) is 6.92 Å². The molecule has 34 heavy (non-hydrogen) atoms. The molecule has 0 spiro atoms. The summed E-state index contributed by atoms with van der Waals surface area (Å²) >= 11 is 0. The number of nitrogens with one attached hydrogen (secondary N) is 2. The molecule has 4 rings (SSSR count). The highest BCUT2D eigenvalue weighted by Gasteiger charge is 2.29. The first-order valence-electron chi connectivity index (χ1n) is 12.0. The normalized spacial score (nSPS) is 20.0. The molecule has 7 nitrogen and oxygen atoms in total. The van der Waals surface area contributed by atoms with Gasteiger partial charge in [0.05, 0.1) is 11.8 Å². The zero-order chi connectivity index (χ0) is 24.1. The van der Waals surface area contributed by atoms with Crippen LogP contribution in [0, 0.1) is 17.8 Å². The maximum Gasteiger partial charge on any atom is 0.407 e. The molecular weight excluding hydrogens is 432 g/mol. The third kappa shape index (κ3) is 5.41. The number of rotatable bonds is 8. The summed E-state index contributed by atoms with van der Waals surface area (Å²) in [6, 6.07) is 16.3. The van der Waals surface area contributed by atoms with Gasteiger partial charge in [-0.25, -0.2) is 4.79 Å². The molecule has 1 saturated carbocycles. The minimum Gasteiger partial charge on any atom is -0.481 e. The summed E-state index contributed by atoms with van der Waals surface area (Å²) in [5.41, 5.74) is 4.64. The molecule has 0 heterocycles. The third-order valence-corrected chi connectivity index (χ3v) is 7.04. The van der Waals surface area contributed by atoms with Crippen molar-refractivity contribution in [3.8, 4) is 11.1 Å². The number of benzene rings is 2. The van der Waals surface area contributed by atoms with Crippen molar-refractivity contribution in [2.75, 3.05) is 19.7 Å². The van der Waals surface area contributed by atoms with Crippen molar-refractivity contribution in [3.63, 3.8) is 0 Å². The molecule has 180 valence electrons. The second-order valence-electron chi connectivity index (χ2n) is 9.42. The topological polar surface area (TPSA) is 105 Å². The second-order valence-corrected chi connectivity index (χ2v) is 9.42. The third-order valence-electron chi connectivity index (χ3n) is 7.04. The van der Waals surface area contributed by atoms with Gasteiger partial charge in [0.15, 0.2) is 0 Å². The standard InChI is InChI=1S/C27H32N2O5/c1-17(25(30)28-15-18-7-6-8-19(13-18)26(31)32)14-29-27(33)34-16-24-22-11-4-2-9-20(22)21-10-3-5-12-23(21)24/h2-5,9-12,17-19,24H,6-8,13-16H2,1H3,(H,28,30)(H,29,33)(H,31,32). The van der Waals surface area contributed by atoms with Gasteiger partial charge in [0.1, 0.15) is 6.61 Å². The summed E-state index contributed by atoms with van der Waals surface area (Å²) in [5.74, 6) is -1.47. The molecule has 3 N–H and O–H groups in total. The highest BCUT2D eigenvalue weighted by Crippen LogP contribution is 2.44. The SMILES string of the molecule is CC(CNC(=O)OCC1c2ccccc2-c2ccccc21)C(=O)NCC1CCCC(C(=O)O)C1. The van der Waals surface area contributed by atoms with Crippen molar-refractivity contribution in [2.45, 2.75) is 38.5 Å². The lowest BCUT2D eigenvalue weighted by molar-refractivity contribution is -0.143. The van der Waals surface area contributed by atoms with Crippen molar-refractivity contribution in [1.82, 2.24) is 10.6 Å². The van der Waals surface area contributed by atoms with Crippen molar-refractivity contribution >= 4 is 18.0 Å². The lowest BCUT2D eigenvalue weighted by Gasteiger charge is -2.27. The number of amides is 2. The predicted octanol–water partition coefficient (Wildman–Crippen LogP) is 4.17. The van der Waals surface area contributed by atoms with Crippen molar-refractivity contribution in [3.05, 3.63) is 59.7 Å². The maximum absolute atomic E-state index is 12.4. The summed E-state index contributed by atoms with van der Waals surface area (Å²) < 4.78 is 5.52. The Hall–Kier alpha value is -3.35. The van der Waals surface area contributed by atoms with Crippen molar-refractivity contribution in [2.24, 2.45) is 17.8 Å². The largest absolute Gasteiger partial charge is 0.481 e. The molecule has 1 fully saturated rings. The Kier molecular flexibility index (Phi) is 7.50. The monoisotopic (exact) mass is 464 g/mol. The Labute approximate surface area is 199 Å². The van der Waals surface area contributed by atoms with Crippen LogP contribution >= 0.6 is 0 Å². The van der Waals surface area contributed by atoms with Gasteiger partial charge in [-0.15, -0.1) is 0 Å². The summed E-state index contributed by atoms with van der Waals surface area (Å²) in [7, 11) is 0. The van der Waals surface area contributed by atoms with Gasteiger partial charge in [0, 0.05) is 19.0 Å². The van der Waals surface area contributed by atoms with Gasteiger partial charge in [-0.3, -0.25) is 9.59 Å². The van der Waals surface area contributed by atoms with Crippen LogP contribution in [-0.4, -0.2) is 42.8 Å². The molecule has 3 unspecified atom stereocenters. The molecule has 0 aliphatic heterocycles. The zero-order valence-electron chi connectivity index (χ0n) is 19.5. The first kappa shape index (κ1) is 23.8. The molecule has 0 radical (unpaired) electrons. The van der Waals surface area contributed by atoms with E-state index in [9.17, 15) is 19.5 Å². The summed E-state index contributed by atoms with van der Waals surface area (Å²) in [6.45, 7) is 2.62. The van der Waals surface area contributed by atoms with Crippen LogP contribution in [0.4, 0.5) is 4.79 Å². The Morgan fingerprint density at radius 1 is 1.00 bits per heavy atom. The zero-order valence-corrected chi connectivity index (χ0v) is 19.5. The van der Waals surface area contributed by atoms with Crippen molar-refractivity contribution in [1.29, 1.82) is 0 Å². The molecule has 0 saturated heterocycles. The van der Waals surface area contributed by atoms with E-state index >= 15 is 0 Å². The molecule has 7 heteroatoms. The van der Waals surface area contributed by atoms with Gasteiger partial charge in [-0.1, -0.05) is 61.9 Å². The van der Waals surface area contributed by atoms with Crippen LogP contribution in [0.15, 0.2) is 48.5 Å². The summed E-state index contributed by atoms with van der Waals surface area (Å²) in [5, 5.41) is 14.8.